The highest BCUT2D eigenvalue weighted by Crippen LogP contribution is 2.30. The van der Waals surface area contributed by atoms with Gasteiger partial charge in [0.15, 0.2) is 0 Å². The van der Waals surface area contributed by atoms with Gasteiger partial charge in [-0.25, -0.2) is 4.39 Å². The van der Waals surface area contributed by atoms with Crippen LogP contribution in [0.15, 0.2) is 18.2 Å². The van der Waals surface area contributed by atoms with Gasteiger partial charge in [-0.05, 0) is 42.9 Å². The maximum absolute atomic E-state index is 13.5. The topological polar surface area (TPSA) is 35.8 Å². The van der Waals surface area contributed by atoms with Crippen molar-refractivity contribution in [1.82, 2.24) is 0 Å². The van der Waals surface area contributed by atoms with Crippen LogP contribution in [-0.4, -0.2) is 6.54 Å². The summed E-state index contributed by atoms with van der Waals surface area (Å²) in [6, 6.07) is 6.56. The highest BCUT2D eigenvalue weighted by atomic mass is 19.1. The van der Waals surface area contributed by atoms with Crippen molar-refractivity contribution in [1.29, 1.82) is 5.26 Å². The lowest BCUT2D eigenvalue weighted by Gasteiger charge is -2.28. The molecule has 2 nitrogen and oxygen atoms in total. The molecule has 0 spiro atoms. The number of hydrogen-bond donors (Lipinski definition) is 1. The Labute approximate surface area is 114 Å². The zero-order chi connectivity index (χ0) is 13.7. The smallest absolute Gasteiger partial charge is 0.143 e. The van der Waals surface area contributed by atoms with E-state index in [0.29, 0.717) is 5.92 Å². The van der Waals surface area contributed by atoms with E-state index in [1.165, 1.54) is 44.2 Å². The third-order valence-corrected chi connectivity index (χ3v) is 4.23. The van der Waals surface area contributed by atoms with Crippen molar-refractivity contribution in [2.75, 3.05) is 11.9 Å². The highest BCUT2D eigenvalue weighted by Gasteiger charge is 2.19. The summed E-state index contributed by atoms with van der Waals surface area (Å²) in [6.07, 6.45) is 6.48. The molecule has 3 heteroatoms. The molecule has 1 aromatic rings. The average Bonchev–Trinajstić information content (AvgIpc) is 2.46. The van der Waals surface area contributed by atoms with E-state index in [0.717, 1.165) is 18.2 Å². The van der Waals surface area contributed by atoms with E-state index in [-0.39, 0.29) is 5.56 Å². The Bertz CT molecular complexity index is 456. The van der Waals surface area contributed by atoms with Crippen molar-refractivity contribution in [2.45, 2.75) is 39.0 Å². The summed E-state index contributed by atoms with van der Waals surface area (Å²) in [5.74, 6) is 1.16. The lowest BCUT2D eigenvalue weighted by molar-refractivity contribution is 0.278. The van der Waals surface area contributed by atoms with Gasteiger partial charge in [-0.3, -0.25) is 0 Å². The summed E-state index contributed by atoms with van der Waals surface area (Å²) < 4.78 is 13.5. The van der Waals surface area contributed by atoms with E-state index in [1.807, 2.05) is 6.07 Å². The maximum Gasteiger partial charge on any atom is 0.143 e. The minimum absolute atomic E-state index is 0.106. The molecular weight excluding hydrogens is 239 g/mol. The van der Waals surface area contributed by atoms with Crippen LogP contribution in [0.5, 0.6) is 0 Å². The van der Waals surface area contributed by atoms with Crippen LogP contribution in [0, 0.1) is 29.0 Å². The molecule has 0 aromatic heterocycles. The Morgan fingerprint density at radius 2 is 1.95 bits per heavy atom. The maximum atomic E-state index is 13.5. The summed E-state index contributed by atoms with van der Waals surface area (Å²) in [4.78, 5) is 0. The van der Waals surface area contributed by atoms with E-state index >= 15 is 0 Å². The number of nitrogens with one attached hydrogen (secondary N) is 1. The van der Waals surface area contributed by atoms with E-state index in [9.17, 15) is 4.39 Å². The first-order valence-corrected chi connectivity index (χ1v) is 7.16. The molecule has 0 heterocycles. The molecule has 1 aliphatic carbocycles. The second-order valence-corrected chi connectivity index (χ2v) is 5.48. The molecule has 1 aliphatic rings. The lowest BCUT2D eigenvalue weighted by atomic mass is 9.81. The van der Waals surface area contributed by atoms with Gasteiger partial charge in [0.05, 0.1) is 5.56 Å². The average molecular weight is 260 g/mol. The molecular formula is C16H21FN2. The van der Waals surface area contributed by atoms with Gasteiger partial charge >= 0.3 is 0 Å². The van der Waals surface area contributed by atoms with Crippen LogP contribution in [0.25, 0.3) is 0 Å². The number of hydrogen-bond acceptors (Lipinski definition) is 2. The van der Waals surface area contributed by atoms with Gasteiger partial charge in [0.1, 0.15) is 11.9 Å². The second kappa shape index (κ2) is 6.56. The minimum atomic E-state index is -0.442. The number of anilines is 1. The number of halogens is 1. The third-order valence-electron chi connectivity index (χ3n) is 4.23. The Morgan fingerprint density at radius 3 is 2.53 bits per heavy atom. The lowest BCUT2D eigenvalue weighted by Crippen LogP contribution is -2.21. The summed E-state index contributed by atoms with van der Waals surface area (Å²) in [5, 5.41) is 12.0. The molecule has 19 heavy (non-hydrogen) atoms. The molecule has 1 fully saturated rings. The van der Waals surface area contributed by atoms with Crippen LogP contribution in [0.3, 0.4) is 0 Å². The Morgan fingerprint density at radius 1 is 1.26 bits per heavy atom. The molecule has 102 valence electrons. The Balaban J connectivity index is 1.83. The van der Waals surface area contributed by atoms with Gasteiger partial charge in [-0.2, -0.15) is 5.26 Å². The summed E-state index contributed by atoms with van der Waals surface area (Å²) >= 11 is 0. The van der Waals surface area contributed by atoms with Crippen LogP contribution >= 0.6 is 0 Å². The van der Waals surface area contributed by atoms with Gasteiger partial charge in [-0.15, -0.1) is 0 Å². The van der Waals surface area contributed by atoms with Gasteiger partial charge in [0.2, 0.25) is 0 Å². The molecule has 1 saturated carbocycles. The van der Waals surface area contributed by atoms with Crippen LogP contribution in [0.1, 0.15) is 44.6 Å². The van der Waals surface area contributed by atoms with Crippen molar-refractivity contribution < 1.29 is 4.39 Å². The molecule has 0 radical (unpaired) electrons. The van der Waals surface area contributed by atoms with E-state index in [4.69, 9.17) is 5.26 Å². The van der Waals surface area contributed by atoms with Crippen LogP contribution in [0.2, 0.25) is 0 Å². The van der Waals surface area contributed by atoms with E-state index < -0.39 is 5.82 Å². The molecule has 0 atom stereocenters. The first-order chi connectivity index (χ1) is 9.22. The predicted molar refractivity (Wildman–Crippen MR) is 75.3 cm³/mol. The van der Waals surface area contributed by atoms with Crippen LogP contribution in [0.4, 0.5) is 10.1 Å². The molecule has 1 aromatic carbocycles. The van der Waals surface area contributed by atoms with Crippen molar-refractivity contribution in [3.8, 4) is 6.07 Å². The molecule has 0 bridgehead atoms. The Kier molecular flexibility index (Phi) is 4.79. The van der Waals surface area contributed by atoms with Gasteiger partial charge in [0.25, 0.3) is 0 Å². The second-order valence-electron chi connectivity index (χ2n) is 5.48. The number of benzene rings is 1. The van der Waals surface area contributed by atoms with Crippen molar-refractivity contribution in [3.05, 3.63) is 29.6 Å². The predicted octanol–water partition coefficient (Wildman–Crippen LogP) is 4.33. The standard InChI is InChI=1S/C16H21FN2/c1-2-12-3-5-13(6-4-12)11-19-15-8-7-14(10-18)16(17)9-15/h7-9,12-13,19H,2-6,11H2,1H3. The molecule has 0 amide bonds. The van der Waals surface area contributed by atoms with Gasteiger partial charge in [0, 0.05) is 12.2 Å². The highest BCUT2D eigenvalue weighted by molar-refractivity contribution is 5.48. The molecule has 0 aliphatic heterocycles. The molecule has 1 N–H and O–H groups in total. The quantitative estimate of drug-likeness (QED) is 0.874. The molecule has 0 saturated heterocycles. The monoisotopic (exact) mass is 260 g/mol. The number of rotatable bonds is 4. The first-order valence-electron chi connectivity index (χ1n) is 7.16. The van der Waals surface area contributed by atoms with Crippen molar-refractivity contribution in [2.24, 2.45) is 11.8 Å². The van der Waals surface area contributed by atoms with Crippen LogP contribution < -0.4 is 5.32 Å². The fraction of sp³-hybridized carbons (Fsp3) is 0.562. The van der Waals surface area contributed by atoms with Crippen molar-refractivity contribution in [3.63, 3.8) is 0 Å². The summed E-state index contributed by atoms with van der Waals surface area (Å²) in [5.41, 5.74) is 0.878. The zero-order valence-electron chi connectivity index (χ0n) is 11.5. The molecule has 0 unspecified atom stereocenters. The van der Waals surface area contributed by atoms with E-state index in [1.54, 1.807) is 6.07 Å². The van der Waals surface area contributed by atoms with Gasteiger partial charge < -0.3 is 5.32 Å². The number of nitrogens with zero attached hydrogens (tertiary/aromatic N) is 1. The first kappa shape index (κ1) is 13.9. The largest absolute Gasteiger partial charge is 0.385 e. The van der Waals surface area contributed by atoms with Crippen molar-refractivity contribution >= 4 is 5.69 Å². The zero-order valence-corrected chi connectivity index (χ0v) is 11.5. The van der Waals surface area contributed by atoms with E-state index in [2.05, 4.69) is 12.2 Å². The fourth-order valence-electron chi connectivity index (χ4n) is 2.82. The van der Waals surface area contributed by atoms with Crippen LogP contribution in [-0.2, 0) is 0 Å². The minimum Gasteiger partial charge on any atom is -0.385 e. The normalized spacial score (nSPS) is 22.8. The third kappa shape index (κ3) is 3.70. The number of nitriles is 1. The summed E-state index contributed by atoms with van der Waals surface area (Å²) in [7, 11) is 0. The SMILES string of the molecule is CCC1CCC(CNc2ccc(C#N)c(F)c2)CC1. The fourth-order valence-corrected chi connectivity index (χ4v) is 2.82. The molecule has 2 rings (SSSR count). The Hall–Kier alpha value is -1.56. The van der Waals surface area contributed by atoms with Gasteiger partial charge in [-0.1, -0.05) is 26.2 Å². The summed E-state index contributed by atoms with van der Waals surface area (Å²) in [6.45, 7) is 3.17.